The van der Waals surface area contributed by atoms with Crippen LogP contribution in [0, 0.1) is 18.6 Å². The Hall–Kier alpha value is -4.44. The van der Waals surface area contributed by atoms with Crippen LogP contribution >= 0.6 is 11.3 Å². The minimum Gasteiger partial charge on any atom is -0.390 e. The minimum absolute atomic E-state index is 0.00545. The standard InChI is InChI=1S/C37H37F2N3O3S/c1-3-11-41-36(44)28-12-23(2)13-29(18-28)37(45)42(22-33(43)32(40)17-25-15-30(38)20-31(39)16-25)21-24-7-6-9-26(14-24)35-19-27-8-4-5-10-34(27)46-35/h4-10,12-16,18-20,32-33,43H,3,11,17,21-22,40H2,1-2H3,(H,41,44)/t32-,33+/m0/s1. The molecule has 0 fully saturated rings. The van der Waals surface area contributed by atoms with Crippen molar-refractivity contribution < 1.29 is 23.5 Å². The number of nitrogens with zero attached hydrogens (tertiary/aromatic N) is 1. The summed E-state index contributed by atoms with van der Waals surface area (Å²) in [6.07, 6.45) is -0.429. The van der Waals surface area contributed by atoms with Gasteiger partial charge < -0.3 is 21.1 Å². The summed E-state index contributed by atoms with van der Waals surface area (Å²) >= 11 is 1.68. The zero-order valence-electron chi connectivity index (χ0n) is 25.8. The summed E-state index contributed by atoms with van der Waals surface area (Å²) in [4.78, 5) is 29.5. The molecular weight excluding hydrogens is 604 g/mol. The lowest BCUT2D eigenvalue weighted by Crippen LogP contribution is -2.46. The first-order chi connectivity index (χ1) is 22.1. The van der Waals surface area contributed by atoms with Crippen LogP contribution in [0.25, 0.3) is 20.5 Å². The fraction of sp³-hybridized carbons (Fsp3) is 0.243. The number of hydrogen-bond donors (Lipinski definition) is 3. The van der Waals surface area contributed by atoms with Gasteiger partial charge in [-0.15, -0.1) is 11.3 Å². The molecule has 0 aliphatic carbocycles. The number of fused-ring (bicyclic) bond motifs is 1. The fourth-order valence-electron chi connectivity index (χ4n) is 5.45. The van der Waals surface area contributed by atoms with Gasteiger partial charge in [0.05, 0.1) is 6.10 Å². The van der Waals surface area contributed by atoms with Crippen molar-refractivity contribution in [2.45, 2.75) is 45.4 Å². The second kappa shape index (κ2) is 14.8. The quantitative estimate of drug-likeness (QED) is 0.139. The molecule has 0 saturated heterocycles. The maximum Gasteiger partial charge on any atom is 0.254 e. The first kappa shape index (κ1) is 32.9. The lowest BCUT2D eigenvalue weighted by Gasteiger charge is -2.29. The van der Waals surface area contributed by atoms with Gasteiger partial charge in [-0.3, -0.25) is 9.59 Å². The highest BCUT2D eigenvalue weighted by Crippen LogP contribution is 2.34. The molecule has 4 N–H and O–H groups in total. The van der Waals surface area contributed by atoms with Crippen LogP contribution < -0.4 is 11.1 Å². The fourth-order valence-corrected chi connectivity index (χ4v) is 6.50. The highest BCUT2D eigenvalue weighted by molar-refractivity contribution is 7.22. The summed E-state index contributed by atoms with van der Waals surface area (Å²) in [6, 6.07) is 25.4. The number of nitrogens with two attached hydrogens (primary N) is 1. The molecule has 0 saturated carbocycles. The Balaban J connectivity index is 1.43. The number of rotatable bonds is 12. The second-order valence-corrected chi connectivity index (χ2v) is 12.7. The van der Waals surface area contributed by atoms with Gasteiger partial charge in [0.25, 0.3) is 11.8 Å². The molecule has 0 aliphatic rings. The first-order valence-electron chi connectivity index (χ1n) is 15.2. The zero-order chi connectivity index (χ0) is 32.8. The van der Waals surface area contributed by atoms with Crippen LogP contribution in [0.15, 0.2) is 91.0 Å². The van der Waals surface area contributed by atoms with Crippen molar-refractivity contribution in [2.24, 2.45) is 5.73 Å². The molecule has 6 nitrogen and oxygen atoms in total. The van der Waals surface area contributed by atoms with Crippen molar-refractivity contribution >= 4 is 33.2 Å². The molecule has 5 rings (SSSR count). The van der Waals surface area contributed by atoms with E-state index in [1.165, 1.54) is 21.7 Å². The van der Waals surface area contributed by atoms with Crippen LogP contribution in [0.3, 0.4) is 0 Å². The van der Waals surface area contributed by atoms with Crippen LogP contribution in [0.5, 0.6) is 0 Å². The molecule has 1 aromatic heterocycles. The molecule has 0 radical (unpaired) electrons. The predicted octanol–water partition coefficient (Wildman–Crippen LogP) is 6.87. The smallest absolute Gasteiger partial charge is 0.254 e. The number of amides is 2. The molecule has 4 aromatic carbocycles. The number of carbonyl (C=O) groups excluding carboxylic acids is 2. The molecule has 2 atom stereocenters. The Morgan fingerprint density at radius 2 is 1.65 bits per heavy atom. The monoisotopic (exact) mass is 641 g/mol. The van der Waals surface area contributed by atoms with E-state index in [0.717, 1.165) is 39.4 Å². The third-order valence-corrected chi connectivity index (χ3v) is 8.88. The number of halogens is 2. The number of aliphatic hydroxyl groups is 1. The maximum absolute atomic E-state index is 14.1. The van der Waals surface area contributed by atoms with E-state index in [2.05, 4.69) is 23.5 Å². The van der Waals surface area contributed by atoms with Crippen LogP contribution in [0.2, 0.25) is 0 Å². The van der Waals surface area contributed by atoms with Gasteiger partial charge in [-0.1, -0.05) is 43.3 Å². The van der Waals surface area contributed by atoms with Crippen molar-refractivity contribution in [3.8, 4) is 10.4 Å². The van der Waals surface area contributed by atoms with E-state index < -0.39 is 23.8 Å². The minimum atomic E-state index is -1.21. The number of benzene rings is 4. The van der Waals surface area contributed by atoms with E-state index in [1.807, 2.05) is 50.2 Å². The number of carbonyl (C=O) groups is 2. The summed E-state index contributed by atoms with van der Waals surface area (Å²) in [5, 5.41) is 15.2. The van der Waals surface area contributed by atoms with Gasteiger partial charge >= 0.3 is 0 Å². The molecule has 2 amide bonds. The van der Waals surface area contributed by atoms with Crippen LogP contribution in [-0.4, -0.2) is 47.1 Å². The third-order valence-electron chi connectivity index (χ3n) is 7.72. The number of aryl methyl sites for hydroxylation is 1. The Morgan fingerprint density at radius 3 is 2.39 bits per heavy atom. The molecular formula is C37H37F2N3O3S. The van der Waals surface area contributed by atoms with Gasteiger partial charge in [-0.05, 0) is 95.9 Å². The van der Waals surface area contributed by atoms with Crippen molar-refractivity contribution in [1.82, 2.24) is 10.2 Å². The van der Waals surface area contributed by atoms with E-state index in [4.69, 9.17) is 5.73 Å². The largest absolute Gasteiger partial charge is 0.390 e. The molecule has 238 valence electrons. The van der Waals surface area contributed by atoms with E-state index in [9.17, 15) is 23.5 Å². The van der Waals surface area contributed by atoms with Crippen molar-refractivity contribution in [1.29, 1.82) is 0 Å². The molecule has 9 heteroatoms. The molecule has 5 aromatic rings. The number of thiophene rings is 1. The van der Waals surface area contributed by atoms with Gasteiger partial charge in [-0.25, -0.2) is 8.78 Å². The summed E-state index contributed by atoms with van der Waals surface area (Å²) in [6.45, 7) is 4.30. The summed E-state index contributed by atoms with van der Waals surface area (Å²) in [7, 11) is 0. The van der Waals surface area contributed by atoms with Crippen LogP contribution in [0.4, 0.5) is 8.78 Å². The van der Waals surface area contributed by atoms with E-state index >= 15 is 0 Å². The molecule has 0 aliphatic heterocycles. The summed E-state index contributed by atoms with van der Waals surface area (Å²) in [5.74, 6) is -2.12. The average Bonchev–Trinajstić information content (AvgIpc) is 3.47. The lowest BCUT2D eigenvalue weighted by atomic mass is 10.00. The van der Waals surface area contributed by atoms with Crippen LogP contribution in [0.1, 0.15) is 50.8 Å². The molecule has 1 heterocycles. The third kappa shape index (κ3) is 8.23. The number of hydrogen-bond acceptors (Lipinski definition) is 5. The molecule has 0 unspecified atom stereocenters. The predicted molar refractivity (Wildman–Crippen MR) is 180 cm³/mol. The normalized spacial score (nSPS) is 12.6. The van der Waals surface area contributed by atoms with Gasteiger partial charge in [-0.2, -0.15) is 0 Å². The number of aliphatic hydroxyl groups excluding tert-OH is 1. The average molecular weight is 642 g/mol. The van der Waals surface area contributed by atoms with Crippen LogP contribution in [-0.2, 0) is 13.0 Å². The van der Waals surface area contributed by atoms with E-state index in [-0.39, 0.29) is 31.3 Å². The van der Waals surface area contributed by atoms with Gasteiger partial charge in [0, 0.05) is 52.4 Å². The maximum atomic E-state index is 14.1. The Bertz CT molecular complexity index is 1800. The first-order valence-corrected chi connectivity index (χ1v) is 16.1. The number of nitrogens with one attached hydrogen (secondary N) is 1. The van der Waals surface area contributed by atoms with Gasteiger partial charge in [0.1, 0.15) is 11.6 Å². The van der Waals surface area contributed by atoms with Crippen molar-refractivity contribution in [3.05, 3.63) is 130 Å². The second-order valence-electron chi connectivity index (χ2n) is 11.6. The zero-order valence-corrected chi connectivity index (χ0v) is 26.6. The Labute approximate surface area is 271 Å². The molecule has 0 bridgehead atoms. The van der Waals surface area contributed by atoms with Crippen molar-refractivity contribution in [3.63, 3.8) is 0 Å². The molecule has 46 heavy (non-hydrogen) atoms. The van der Waals surface area contributed by atoms with Gasteiger partial charge in [0.15, 0.2) is 0 Å². The Morgan fingerprint density at radius 1 is 0.913 bits per heavy atom. The molecule has 0 spiro atoms. The summed E-state index contributed by atoms with van der Waals surface area (Å²) in [5.41, 5.74) is 9.87. The van der Waals surface area contributed by atoms with Crippen molar-refractivity contribution in [2.75, 3.05) is 13.1 Å². The van der Waals surface area contributed by atoms with Gasteiger partial charge in [0.2, 0.25) is 0 Å². The highest BCUT2D eigenvalue weighted by Gasteiger charge is 2.25. The topological polar surface area (TPSA) is 95.7 Å². The van der Waals surface area contributed by atoms with E-state index in [1.54, 1.807) is 29.5 Å². The summed E-state index contributed by atoms with van der Waals surface area (Å²) < 4.78 is 28.8. The van der Waals surface area contributed by atoms with E-state index in [0.29, 0.717) is 23.2 Å². The Kier molecular flexibility index (Phi) is 10.6. The highest BCUT2D eigenvalue weighted by atomic mass is 32.1. The lowest BCUT2D eigenvalue weighted by molar-refractivity contribution is 0.0554. The SMILES string of the molecule is CCCNC(=O)c1cc(C)cc(C(=O)N(Cc2cccc(-c3cc4ccccc4s3)c2)C[C@@H](O)[C@@H](N)Cc2cc(F)cc(F)c2)c1.